The monoisotopic (exact) mass is 322 g/mol. The fraction of sp³-hybridized carbons (Fsp3) is 0.467. The van der Waals surface area contributed by atoms with Crippen LogP contribution in [0.15, 0.2) is 23.1 Å². The minimum absolute atomic E-state index is 0.136. The van der Waals surface area contributed by atoms with Crippen molar-refractivity contribution in [2.45, 2.75) is 23.0 Å². The van der Waals surface area contributed by atoms with E-state index in [2.05, 4.69) is 4.90 Å². The second-order valence-corrected chi connectivity index (χ2v) is 8.15. The minimum Gasteiger partial charge on any atom is -0.308 e. The summed E-state index contributed by atoms with van der Waals surface area (Å²) in [5.74, 6) is -1.26. The Balaban J connectivity index is 1.97. The SMILES string of the molecule is CN1CCC(S(=O)(=O)c2ccc3c(c2)C(=O)C(=O)N3C)CC1. The van der Waals surface area contributed by atoms with Crippen LogP contribution in [-0.2, 0) is 14.6 Å². The van der Waals surface area contributed by atoms with Gasteiger partial charge in [0.25, 0.3) is 11.7 Å². The zero-order chi connectivity index (χ0) is 16.1. The van der Waals surface area contributed by atoms with Crippen molar-refractivity contribution in [3.63, 3.8) is 0 Å². The molecule has 1 aromatic rings. The number of benzene rings is 1. The lowest BCUT2D eigenvalue weighted by molar-refractivity contribution is -0.114. The zero-order valence-electron chi connectivity index (χ0n) is 12.6. The van der Waals surface area contributed by atoms with E-state index in [4.69, 9.17) is 0 Å². The first-order valence-electron chi connectivity index (χ1n) is 7.21. The number of hydrogen-bond donors (Lipinski definition) is 0. The van der Waals surface area contributed by atoms with E-state index < -0.39 is 26.8 Å². The molecule has 2 aliphatic heterocycles. The van der Waals surface area contributed by atoms with Crippen LogP contribution in [0, 0.1) is 0 Å². The van der Waals surface area contributed by atoms with Crippen molar-refractivity contribution >= 4 is 27.2 Å². The molecule has 1 aromatic carbocycles. The van der Waals surface area contributed by atoms with E-state index in [9.17, 15) is 18.0 Å². The van der Waals surface area contributed by atoms with Crippen molar-refractivity contribution in [2.24, 2.45) is 0 Å². The summed E-state index contributed by atoms with van der Waals surface area (Å²) in [5, 5.41) is -0.424. The summed E-state index contributed by atoms with van der Waals surface area (Å²) < 4.78 is 25.5. The fourth-order valence-electron chi connectivity index (χ4n) is 3.03. The highest BCUT2D eigenvalue weighted by atomic mass is 32.2. The molecule has 7 heteroatoms. The van der Waals surface area contributed by atoms with E-state index in [1.807, 2.05) is 7.05 Å². The maximum absolute atomic E-state index is 12.7. The molecule has 0 saturated carbocycles. The van der Waals surface area contributed by atoms with Gasteiger partial charge in [-0.15, -0.1) is 0 Å². The summed E-state index contributed by atoms with van der Waals surface area (Å²) in [7, 11) is 0.00758. The number of likely N-dealkylation sites (N-methyl/N-ethyl adjacent to an activating group) is 1. The lowest BCUT2D eigenvalue weighted by Crippen LogP contribution is -2.37. The van der Waals surface area contributed by atoms with Crippen molar-refractivity contribution in [3.05, 3.63) is 23.8 Å². The van der Waals surface area contributed by atoms with Gasteiger partial charge in [0.1, 0.15) is 0 Å². The molecule has 0 unspecified atom stereocenters. The molecule has 1 saturated heterocycles. The third-order valence-electron chi connectivity index (χ3n) is 4.51. The molecule has 0 spiro atoms. The number of fused-ring (bicyclic) bond motifs is 1. The maximum Gasteiger partial charge on any atom is 0.299 e. The highest BCUT2D eigenvalue weighted by molar-refractivity contribution is 7.92. The lowest BCUT2D eigenvalue weighted by Gasteiger charge is -2.28. The molecule has 22 heavy (non-hydrogen) atoms. The Kier molecular flexibility index (Phi) is 3.57. The van der Waals surface area contributed by atoms with Crippen LogP contribution in [-0.4, -0.2) is 57.4 Å². The summed E-state index contributed by atoms with van der Waals surface area (Å²) >= 11 is 0. The van der Waals surface area contributed by atoms with Crippen molar-refractivity contribution < 1.29 is 18.0 Å². The number of piperidine rings is 1. The topological polar surface area (TPSA) is 74.8 Å². The number of sulfone groups is 1. The van der Waals surface area contributed by atoms with Gasteiger partial charge in [-0.1, -0.05) is 0 Å². The van der Waals surface area contributed by atoms with Crippen molar-refractivity contribution in [1.82, 2.24) is 4.90 Å². The summed E-state index contributed by atoms with van der Waals surface area (Å²) in [5.41, 5.74) is 0.652. The van der Waals surface area contributed by atoms with E-state index in [-0.39, 0.29) is 10.5 Å². The molecule has 118 valence electrons. The average Bonchev–Trinajstić information content (AvgIpc) is 2.72. The Hall–Kier alpha value is -1.73. The first-order chi connectivity index (χ1) is 10.3. The highest BCUT2D eigenvalue weighted by Gasteiger charge is 2.36. The second-order valence-electron chi connectivity index (χ2n) is 5.92. The minimum atomic E-state index is -3.47. The number of nitrogens with zero attached hydrogens (tertiary/aromatic N) is 2. The van der Waals surface area contributed by atoms with Gasteiger partial charge in [0, 0.05) is 7.05 Å². The Morgan fingerprint density at radius 1 is 1.09 bits per heavy atom. The number of hydrogen-bond acceptors (Lipinski definition) is 5. The molecule has 0 aliphatic carbocycles. The number of anilines is 1. The molecule has 0 aromatic heterocycles. The average molecular weight is 322 g/mol. The quantitative estimate of drug-likeness (QED) is 0.750. The van der Waals surface area contributed by atoms with Crippen LogP contribution in [0.25, 0.3) is 0 Å². The molecule has 1 fully saturated rings. The Bertz CT molecular complexity index is 749. The Morgan fingerprint density at radius 3 is 2.36 bits per heavy atom. The Labute approximate surface area is 129 Å². The van der Waals surface area contributed by atoms with Crippen molar-refractivity contribution in [3.8, 4) is 0 Å². The molecular weight excluding hydrogens is 304 g/mol. The standard InChI is InChI=1S/C15H18N2O4S/c1-16-7-5-10(6-8-16)22(20,21)11-3-4-13-12(9-11)14(18)15(19)17(13)2/h3-4,9-10H,5-8H2,1-2H3. The van der Waals surface area contributed by atoms with Crippen LogP contribution in [0.3, 0.4) is 0 Å². The molecule has 0 atom stereocenters. The van der Waals surface area contributed by atoms with Crippen LogP contribution in [0.5, 0.6) is 0 Å². The summed E-state index contributed by atoms with van der Waals surface area (Å²) in [6.45, 7) is 1.49. The van der Waals surface area contributed by atoms with Gasteiger partial charge < -0.3 is 9.80 Å². The first-order valence-corrected chi connectivity index (χ1v) is 8.76. The number of rotatable bonds is 2. The molecule has 6 nitrogen and oxygen atoms in total. The van der Waals surface area contributed by atoms with Gasteiger partial charge in [0.15, 0.2) is 9.84 Å². The first kappa shape index (κ1) is 15.2. The third-order valence-corrected chi connectivity index (χ3v) is 6.77. The molecule has 2 aliphatic rings. The van der Waals surface area contributed by atoms with Gasteiger partial charge in [-0.05, 0) is 51.2 Å². The Morgan fingerprint density at radius 2 is 1.73 bits per heavy atom. The van der Waals surface area contributed by atoms with Crippen molar-refractivity contribution in [2.75, 3.05) is 32.1 Å². The smallest absolute Gasteiger partial charge is 0.299 e. The predicted octanol–water partition coefficient (Wildman–Crippen LogP) is 0.714. The molecule has 0 radical (unpaired) electrons. The number of carbonyl (C=O) groups is 2. The lowest BCUT2D eigenvalue weighted by atomic mass is 10.1. The zero-order valence-corrected chi connectivity index (χ0v) is 13.4. The number of carbonyl (C=O) groups excluding carboxylic acids is 2. The van der Waals surface area contributed by atoms with Gasteiger partial charge in [-0.25, -0.2) is 8.42 Å². The van der Waals surface area contributed by atoms with Gasteiger partial charge in [0.05, 0.1) is 21.4 Å². The maximum atomic E-state index is 12.7. The number of likely N-dealkylation sites (tertiary alicyclic amines) is 1. The third kappa shape index (κ3) is 2.24. The van der Waals surface area contributed by atoms with Crippen LogP contribution in [0.1, 0.15) is 23.2 Å². The van der Waals surface area contributed by atoms with E-state index in [1.54, 1.807) is 6.07 Å². The van der Waals surface area contributed by atoms with Crippen LogP contribution < -0.4 is 4.90 Å². The van der Waals surface area contributed by atoms with Gasteiger partial charge in [-0.2, -0.15) is 0 Å². The normalized spacial score (nSPS) is 20.5. The molecule has 0 N–H and O–H groups in total. The molecular formula is C15H18N2O4S. The van der Waals surface area contributed by atoms with Crippen LogP contribution >= 0.6 is 0 Å². The number of ketones is 1. The second kappa shape index (κ2) is 5.17. The van der Waals surface area contributed by atoms with Gasteiger partial charge in [0.2, 0.25) is 0 Å². The van der Waals surface area contributed by atoms with Crippen LogP contribution in [0.4, 0.5) is 5.69 Å². The number of Topliss-reactive ketones (excluding diaryl/α,β-unsaturated/α-hetero) is 1. The predicted molar refractivity (Wildman–Crippen MR) is 81.9 cm³/mol. The summed E-state index contributed by atoms with van der Waals surface area (Å²) in [6.07, 6.45) is 1.17. The van der Waals surface area contributed by atoms with E-state index in [0.717, 1.165) is 13.1 Å². The van der Waals surface area contributed by atoms with E-state index in [0.29, 0.717) is 18.5 Å². The van der Waals surface area contributed by atoms with Crippen LogP contribution in [0.2, 0.25) is 0 Å². The molecule has 0 bridgehead atoms. The number of amides is 1. The largest absolute Gasteiger partial charge is 0.308 e. The molecule has 1 amide bonds. The molecule has 2 heterocycles. The van der Waals surface area contributed by atoms with E-state index >= 15 is 0 Å². The summed E-state index contributed by atoms with van der Waals surface area (Å²) in [6, 6.07) is 4.39. The van der Waals surface area contributed by atoms with Gasteiger partial charge in [-0.3, -0.25) is 9.59 Å². The van der Waals surface area contributed by atoms with Crippen molar-refractivity contribution in [1.29, 1.82) is 0 Å². The molecule has 3 rings (SSSR count). The summed E-state index contributed by atoms with van der Waals surface area (Å²) in [4.78, 5) is 27.1. The highest BCUT2D eigenvalue weighted by Crippen LogP contribution is 2.32. The fourth-order valence-corrected chi connectivity index (χ4v) is 4.79. The van der Waals surface area contributed by atoms with E-state index in [1.165, 1.54) is 24.1 Å². The van der Waals surface area contributed by atoms with Gasteiger partial charge >= 0.3 is 0 Å².